The smallest absolute Gasteiger partial charge is 0.251 e. The molecule has 1 amide bonds. The van der Waals surface area contributed by atoms with Gasteiger partial charge in [0.05, 0.1) is 20.8 Å². The van der Waals surface area contributed by atoms with E-state index in [1.165, 1.54) is 0 Å². The van der Waals surface area contributed by atoms with Gasteiger partial charge in [0.15, 0.2) is 0 Å². The predicted octanol–water partition coefficient (Wildman–Crippen LogP) is 4.12. The van der Waals surface area contributed by atoms with E-state index in [9.17, 15) is 4.79 Å². The van der Waals surface area contributed by atoms with Gasteiger partial charge in [-0.1, -0.05) is 0 Å². The Labute approximate surface area is 173 Å². The molecule has 0 aliphatic carbocycles. The lowest BCUT2D eigenvalue weighted by molar-refractivity contribution is 0.0949. The summed E-state index contributed by atoms with van der Waals surface area (Å²) in [5.41, 5.74) is 2.45. The van der Waals surface area contributed by atoms with Crippen LogP contribution in [0, 0.1) is 0 Å². The maximum Gasteiger partial charge on any atom is 0.251 e. The Morgan fingerprint density at radius 2 is 1.86 bits per heavy atom. The van der Waals surface area contributed by atoms with Crippen LogP contribution in [0.15, 0.2) is 28.7 Å². The van der Waals surface area contributed by atoms with Gasteiger partial charge in [-0.25, -0.2) is 0 Å². The minimum absolute atomic E-state index is 0.150. The van der Waals surface area contributed by atoms with Crippen molar-refractivity contribution in [3.05, 3.63) is 45.4 Å². The predicted molar refractivity (Wildman–Crippen MR) is 110 cm³/mol. The highest BCUT2D eigenvalue weighted by molar-refractivity contribution is 9.10. The maximum atomic E-state index is 12.7. The number of hydrogen-bond donors (Lipinski definition) is 1. The molecular formula is C21H24BrNO5. The first-order valence-electron chi connectivity index (χ1n) is 9.11. The molecule has 1 heterocycles. The van der Waals surface area contributed by atoms with Crippen molar-refractivity contribution >= 4 is 21.8 Å². The van der Waals surface area contributed by atoms with Crippen molar-refractivity contribution in [2.75, 3.05) is 20.8 Å². The molecule has 0 saturated heterocycles. The molecule has 0 bridgehead atoms. The van der Waals surface area contributed by atoms with Crippen LogP contribution in [-0.2, 0) is 13.0 Å². The Balaban J connectivity index is 1.80. The number of carbonyl (C=O) groups is 1. The van der Waals surface area contributed by atoms with Crippen LogP contribution in [0.4, 0.5) is 0 Å². The highest BCUT2D eigenvalue weighted by Gasteiger charge is 2.22. The number of fused-ring (bicyclic) bond motifs is 1. The number of methoxy groups -OCH3 is 2. The number of carbonyl (C=O) groups excluding carboxylic acids is 1. The molecule has 0 radical (unpaired) electrons. The summed E-state index contributed by atoms with van der Waals surface area (Å²) in [6.45, 7) is 4.85. The molecule has 7 heteroatoms. The summed E-state index contributed by atoms with van der Waals surface area (Å²) in [6, 6.07) is 7.29. The van der Waals surface area contributed by atoms with Crippen molar-refractivity contribution in [3.8, 4) is 23.0 Å². The van der Waals surface area contributed by atoms with Gasteiger partial charge >= 0.3 is 0 Å². The monoisotopic (exact) mass is 449 g/mol. The molecule has 1 atom stereocenters. The van der Waals surface area contributed by atoms with E-state index in [0.717, 1.165) is 29.0 Å². The third-order valence-electron chi connectivity index (χ3n) is 4.53. The van der Waals surface area contributed by atoms with Gasteiger partial charge in [-0.15, -0.1) is 0 Å². The fraction of sp³-hybridized carbons (Fsp3) is 0.381. The van der Waals surface area contributed by atoms with E-state index >= 15 is 0 Å². The summed E-state index contributed by atoms with van der Waals surface area (Å²) >= 11 is 3.41. The zero-order chi connectivity index (χ0) is 20.3. The Kier molecular flexibility index (Phi) is 6.34. The molecule has 150 valence electrons. The van der Waals surface area contributed by atoms with Crippen LogP contribution in [0.25, 0.3) is 0 Å². The van der Waals surface area contributed by atoms with E-state index in [2.05, 4.69) is 21.2 Å². The standard InChI is InChI=1S/C21H24BrNO5/c1-5-27-16-7-13-6-12(2)28-17(13)10-15(16)11-23-21(24)14-8-18(25-3)20(22)19(9-14)26-4/h7-10,12H,5-6,11H2,1-4H3,(H,23,24). The SMILES string of the molecule is CCOc1cc2c(cc1CNC(=O)c1cc(OC)c(Br)c(OC)c1)OC(C)C2. The summed E-state index contributed by atoms with van der Waals surface area (Å²) in [5.74, 6) is 2.44. The van der Waals surface area contributed by atoms with Gasteiger partial charge in [-0.2, -0.15) is 0 Å². The second-order valence-electron chi connectivity index (χ2n) is 6.51. The largest absolute Gasteiger partial charge is 0.495 e. The number of rotatable bonds is 7. The quantitative estimate of drug-likeness (QED) is 0.688. The molecule has 1 N–H and O–H groups in total. The van der Waals surface area contributed by atoms with E-state index in [4.69, 9.17) is 18.9 Å². The Morgan fingerprint density at radius 3 is 2.46 bits per heavy atom. The first-order chi connectivity index (χ1) is 13.5. The van der Waals surface area contributed by atoms with E-state index in [1.54, 1.807) is 26.4 Å². The molecule has 1 aliphatic heterocycles. The summed E-state index contributed by atoms with van der Waals surface area (Å²) < 4.78 is 22.9. The van der Waals surface area contributed by atoms with Crippen molar-refractivity contribution in [1.29, 1.82) is 0 Å². The molecule has 6 nitrogen and oxygen atoms in total. The summed E-state index contributed by atoms with van der Waals surface area (Å²) in [6.07, 6.45) is 1.01. The molecule has 3 rings (SSSR count). The molecule has 2 aromatic rings. The minimum atomic E-state index is -0.235. The van der Waals surface area contributed by atoms with Gasteiger partial charge in [0.1, 0.15) is 33.6 Å². The third kappa shape index (κ3) is 4.19. The molecule has 28 heavy (non-hydrogen) atoms. The van der Waals surface area contributed by atoms with Gasteiger partial charge in [0, 0.05) is 29.7 Å². The van der Waals surface area contributed by atoms with Crippen LogP contribution >= 0.6 is 15.9 Å². The number of hydrogen-bond acceptors (Lipinski definition) is 5. The first-order valence-corrected chi connectivity index (χ1v) is 9.91. The minimum Gasteiger partial charge on any atom is -0.495 e. The van der Waals surface area contributed by atoms with Gasteiger partial charge in [0.25, 0.3) is 5.91 Å². The zero-order valence-electron chi connectivity index (χ0n) is 16.4. The number of nitrogens with one attached hydrogen (secondary N) is 1. The number of halogens is 1. The van der Waals surface area contributed by atoms with Crippen molar-refractivity contribution in [2.45, 2.75) is 32.9 Å². The Morgan fingerprint density at radius 1 is 1.18 bits per heavy atom. The topological polar surface area (TPSA) is 66.0 Å². The van der Waals surface area contributed by atoms with Crippen molar-refractivity contribution in [1.82, 2.24) is 5.32 Å². The van der Waals surface area contributed by atoms with Gasteiger partial charge in [0.2, 0.25) is 0 Å². The average Bonchev–Trinajstić information content (AvgIpc) is 3.05. The van der Waals surface area contributed by atoms with E-state index in [1.807, 2.05) is 26.0 Å². The van der Waals surface area contributed by atoms with E-state index < -0.39 is 0 Å². The molecule has 1 aliphatic rings. The Bertz CT molecular complexity index is 858. The van der Waals surface area contributed by atoms with E-state index in [0.29, 0.717) is 34.7 Å². The molecule has 0 fully saturated rings. The van der Waals surface area contributed by atoms with Crippen molar-refractivity contribution in [2.24, 2.45) is 0 Å². The van der Waals surface area contributed by atoms with Gasteiger partial charge in [-0.3, -0.25) is 4.79 Å². The van der Waals surface area contributed by atoms with Crippen LogP contribution in [0.1, 0.15) is 35.3 Å². The highest BCUT2D eigenvalue weighted by atomic mass is 79.9. The van der Waals surface area contributed by atoms with Crippen LogP contribution in [-0.4, -0.2) is 32.8 Å². The highest BCUT2D eigenvalue weighted by Crippen LogP contribution is 2.36. The molecule has 0 aromatic heterocycles. The van der Waals surface area contributed by atoms with Crippen LogP contribution in [0.5, 0.6) is 23.0 Å². The van der Waals surface area contributed by atoms with E-state index in [-0.39, 0.29) is 12.0 Å². The molecule has 0 saturated carbocycles. The van der Waals surface area contributed by atoms with Crippen molar-refractivity contribution < 1.29 is 23.7 Å². The maximum absolute atomic E-state index is 12.7. The van der Waals surface area contributed by atoms with Crippen LogP contribution in [0.2, 0.25) is 0 Å². The summed E-state index contributed by atoms with van der Waals surface area (Å²) in [7, 11) is 3.09. The second kappa shape index (κ2) is 8.73. The molecule has 0 spiro atoms. The lowest BCUT2D eigenvalue weighted by Crippen LogP contribution is -2.23. The molecule has 2 aromatic carbocycles. The second-order valence-corrected chi connectivity index (χ2v) is 7.30. The normalized spacial score (nSPS) is 14.8. The number of amides is 1. The fourth-order valence-corrected chi connectivity index (χ4v) is 3.74. The van der Waals surface area contributed by atoms with Gasteiger partial charge in [-0.05, 0) is 54.0 Å². The zero-order valence-corrected chi connectivity index (χ0v) is 18.0. The lowest BCUT2D eigenvalue weighted by atomic mass is 10.1. The Hall–Kier alpha value is -2.41. The number of ether oxygens (including phenoxy) is 4. The summed E-state index contributed by atoms with van der Waals surface area (Å²) in [5, 5.41) is 2.94. The molecular weight excluding hydrogens is 426 g/mol. The summed E-state index contributed by atoms with van der Waals surface area (Å²) in [4.78, 5) is 12.7. The van der Waals surface area contributed by atoms with Crippen LogP contribution < -0.4 is 24.3 Å². The lowest BCUT2D eigenvalue weighted by Gasteiger charge is -2.14. The molecule has 1 unspecified atom stereocenters. The van der Waals surface area contributed by atoms with Crippen LogP contribution in [0.3, 0.4) is 0 Å². The fourth-order valence-electron chi connectivity index (χ4n) is 3.19. The third-order valence-corrected chi connectivity index (χ3v) is 5.31. The average molecular weight is 450 g/mol. The number of benzene rings is 2. The first kappa shape index (κ1) is 20.3. The van der Waals surface area contributed by atoms with Crippen molar-refractivity contribution in [3.63, 3.8) is 0 Å². The van der Waals surface area contributed by atoms with Gasteiger partial charge < -0.3 is 24.3 Å².